The fourth-order valence-corrected chi connectivity index (χ4v) is 3.55. The van der Waals surface area contributed by atoms with Gasteiger partial charge in [0.15, 0.2) is 0 Å². The van der Waals surface area contributed by atoms with Gasteiger partial charge in [-0.2, -0.15) is 0 Å². The predicted octanol–water partition coefficient (Wildman–Crippen LogP) is 2.22. The molecular weight excluding hydrogens is 316 g/mol. The van der Waals surface area contributed by atoms with E-state index < -0.39 is 18.1 Å². The van der Waals surface area contributed by atoms with Crippen LogP contribution in [0.3, 0.4) is 0 Å². The van der Waals surface area contributed by atoms with Crippen molar-refractivity contribution < 1.29 is 14.7 Å². The van der Waals surface area contributed by atoms with Gasteiger partial charge in [-0.3, -0.25) is 4.79 Å². The maximum absolute atomic E-state index is 13.0. The molecule has 1 saturated heterocycles. The summed E-state index contributed by atoms with van der Waals surface area (Å²) in [5.74, 6) is -1.58. The monoisotopic (exact) mass is 338 g/mol. The highest BCUT2D eigenvalue weighted by Crippen LogP contribution is 2.29. The summed E-state index contributed by atoms with van der Waals surface area (Å²) in [7, 11) is 0. The molecule has 1 fully saturated rings. The van der Waals surface area contributed by atoms with Gasteiger partial charge in [0.1, 0.15) is 6.04 Å². The summed E-state index contributed by atoms with van der Waals surface area (Å²) in [5, 5.41) is 9.35. The highest BCUT2D eigenvalue weighted by atomic mass is 16.4. The van der Waals surface area contributed by atoms with Gasteiger partial charge >= 0.3 is 5.97 Å². The van der Waals surface area contributed by atoms with Gasteiger partial charge in [-0.1, -0.05) is 60.7 Å². The van der Waals surface area contributed by atoms with E-state index in [4.69, 9.17) is 5.73 Å². The molecule has 1 aliphatic heterocycles. The molecule has 0 unspecified atom stereocenters. The lowest BCUT2D eigenvalue weighted by Crippen LogP contribution is -2.50. The zero-order chi connectivity index (χ0) is 17.8. The van der Waals surface area contributed by atoms with Crippen LogP contribution < -0.4 is 5.73 Å². The third-order valence-corrected chi connectivity index (χ3v) is 4.78. The highest BCUT2D eigenvalue weighted by Gasteiger charge is 2.39. The van der Waals surface area contributed by atoms with Crippen molar-refractivity contribution in [2.24, 2.45) is 5.73 Å². The Balaban J connectivity index is 1.93. The number of carboxylic acids is 1. The number of rotatable bonds is 5. The summed E-state index contributed by atoms with van der Waals surface area (Å²) in [5.41, 5.74) is 8.27. The molecule has 5 nitrogen and oxygen atoms in total. The molecule has 1 heterocycles. The van der Waals surface area contributed by atoms with Crippen LogP contribution in [-0.2, 0) is 9.59 Å². The Morgan fingerprint density at radius 2 is 1.52 bits per heavy atom. The SMILES string of the molecule is N[C@H](C(=O)N1CCC[C@H]1C(=O)O)C(c1ccccc1)c1ccccc1. The molecule has 0 bridgehead atoms. The first-order chi connectivity index (χ1) is 12.1. The Labute approximate surface area is 147 Å². The number of hydrogen-bond acceptors (Lipinski definition) is 3. The van der Waals surface area contributed by atoms with Crippen LogP contribution in [0.2, 0.25) is 0 Å². The van der Waals surface area contributed by atoms with Crippen molar-refractivity contribution in [3.63, 3.8) is 0 Å². The normalized spacial score (nSPS) is 18.3. The van der Waals surface area contributed by atoms with E-state index in [9.17, 15) is 14.7 Å². The second-order valence-electron chi connectivity index (χ2n) is 6.35. The van der Waals surface area contributed by atoms with Crippen LogP contribution in [0.4, 0.5) is 0 Å². The molecule has 0 aliphatic carbocycles. The van der Waals surface area contributed by atoms with E-state index in [0.717, 1.165) is 11.1 Å². The number of amides is 1. The number of aliphatic carboxylic acids is 1. The largest absolute Gasteiger partial charge is 0.480 e. The molecule has 5 heteroatoms. The standard InChI is InChI=1S/C20H22N2O3/c21-18(19(23)22-13-7-12-16(22)20(24)25)17(14-8-3-1-4-9-14)15-10-5-2-6-11-15/h1-6,8-11,16-18H,7,12-13,21H2,(H,24,25)/t16-,18-/m0/s1. The second-order valence-corrected chi connectivity index (χ2v) is 6.35. The number of carboxylic acid groups (broad SMARTS) is 1. The van der Waals surface area contributed by atoms with E-state index in [1.165, 1.54) is 4.90 Å². The Bertz CT molecular complexity index is 694. The molecule has 0 spiro atoms. The minimum absolute atomic E-state index is 0.303. The van der Waals surface area contributed by atoms with Crippen molar-refractivity contribution in [2.75, 3.05) is 6.54 Å². The first-order valence-corrected chi connectivity index (χ1v) is 8.48. The van der Waals surface area contributed by atoms with Crippen molar-refractivity contribution >= 4 is 11.9 Å². The summed E-state index contributed by atoms with van der Waals surface area (Å²) in [6.45, 7) is 0.444. The van der Waals surface area contributed by atoms with Crippen molar-refractivity contribution in [1.82, 2.24) is 4.90 Å². The van der Waals surface area contributed by atoms with E-state index >= 15 is 0 Å². The van der Waals surface area contributed by atoms with Gasteiger partial charge in [0.2, 0.25) is 5.91 Å². The van der Waals surface area contributed by atoms with E-state index in [1.54, 1.807) is 0 Å². The summed E-state index contributed by atoms with van der Waals surface area (Å²) in [4.78, 5) is 25.8. The van der Waals surface area contributed by atoms with Crippen molar-refractivity contribution in [2.45, 2.75) is 30.8 Å². The third-order valence-electron chi connectivity index (χ3n) is 4.78. The molecule has 0 radical (unpaired) electrons. The maximum Gasteiger partial charge on any atom is 0.326 e. The minimum Gasteiger partial charge on any atom is -0.480 e. The number of likely N-dealkylation sites (tertiary alicyclic amines) is 1. The molecule has 2 aromatic rings. The van der Waals surface area contributed by atoms with Crippen molar-refractivity contribution in [1.29, 1.82) is 0 Å². The summed E-state index contributed by atoms with van der Waals surface area (Å²) >= 11 is 0. The first-order valence-electron chi connectivity index (χ1n) is 8.48. The van der Waals surface area contributed by atoms with Gasteiger partial charge in [-0.25, -0.2) is 4.79 Å². The Morgan fingerprint density at radius 1 is 1.00 bits per heavy atom. The Morgan fingerprint density at radius 3 is 2.00 bits per heavy atom. The zero-order valence-electron chi connectivity index (χ0n) is 13.9. The van der Waals surface area contributed by atoms with E-state index in [0.29, 0.717) is 19.4 Å². The van der Waals surface area contributed by atoms with Crippen LogP contribution >= 0.6 is 0 Å². The lowest BCUT2D eigenvalue weighted by molar-refractivity contribution is -0.148. The molecule has 0 saturated carbocycles. The number of nitrogens with two attached hydrogens (primary N) is 1. The van der Waals surface area contributed by atoms with E-state index in [2.05, 4.69) is 0 Å². The van der Waals surface area contributed by atoms with Crippen molar-refractivity contribution in [3.8, 4) is 0 Å². The third kappa shape index (κ3) is 3.56. The lowest BCUT2D eigenvalue weighted by Gasteiger charge is -2.30. The van der Waals surface area contributed by atoms with Crippen LogP contribution in [0, 0.1) is 0 Å². The lowest BCUT2D eigenvalue weighted by atomic mass is 9.84. The average Bonchev–Trinajstić information content (AvgIpc) is 3.13. The zero-order valence-corrected chi connectivity index (χ0v) is 13.9. The van der Waals surface area contributed by atoms with Gasteiger partial charge in [-0.05, 0) is 24.0 Å². The van der Waals surface area contributed by atoms with Crippen LogP contribution in [0.25, 0.3) is 0 Å². The summed E-state index contributed by atoms with van der Waals surface area (Å²) in [6.07, 6.45) is 1.17. The fourth-order valence-electron chi connectivity index (χ4n) is 3.55. The summed E-state index contributed by atoms with van der Waals surface area (Å²) in [6, 6.07) is 17.7. The second kappa shape index (κ2) is 7.49. The number of carbonyl (C=O) groups is 2. The van der Waals surface area contributed by atoms with Gasteiger partial charge in [0.05, 0.1) is 6.04 Å². The van der Waals surface area contributed by atoms with Gasteiger partial charge in [-0.15, -0.1) is 0 Å². The molecule has 130 valence electrons. The Kier molecular flexibility index (Phi) is 5.14. The average molecular weight is 338 g/mol. The van der Waals surface area contributed by atoms with Gasteiger partial charge in [0, 0.05) is 12.5 Å². The number of benzene rings is 2. The molecule has 1 amide bonds. The molecule has 3 rings (SSSR count). The molecule has 25 heavy (non-hydrogen) atoms. The minimum atomic E-state index is -0.964. The smallest absolute Gasteiger partial charge is 0.326 e. The number of carbonyl (C=O) groups excluding carboxylic acids is 1. The molecule has 2 atom stereocenters. The molecule has 0 aromatic heterocycles. The molecule has 2 aromatic carbocycles. The number of nitrogens with zero attached hydrogens (tertiary/aromatic N) is 1. The highest BCUT2D eigenvalue weighted by molar-refractivity contribution is 5.88. The fraction of sp³-hybridized carbons (Fsp3) is 0.300. The van der Waals surface area contributed by atoms with Crippen LogP contribution in [0.15, 0.2) is 60.7 Å². The first kappa shape index (κ1) is 17.2. The van der Waals surface area contributed by atoms with Gasteiger partial charge in [0.25, 0.3) is 0 Å². The van der Waals surface area contributed by atoms with Crippen LogP contribution in [0.5, 0.6) is 0 Å². The van der Waals surface area contributed by atoms with E-state index in [-0.39, 0.29) is 11.8 Å². The van der Waals surface area contributed by atoms with E-state index in [1.807, 2.05) is 60.7 Å². The number of hydrogen-bond donors (Lipinski definition) is 2. The molecule has 3 N–H and O–H groups in total. The quantitative estimate of drug-likeness (QED) is 0.875. The Hall–Kier alpha value is -2.66. The van der Waals surface area contributed by atoms with Crippen LogP contribution in [0.1, 0.15) is 29.9 Å². The van der Waals surface area contributed by atoms with Gasteiger partial charge < -0.3 is 15.7 Å². The summed E-state index contributed by atoms with van der Waals surface area (Å²) < 4.78 is 0. The molecular formula is C20H22N2O3. The molecule has 1 aliphatic rings. The van der Waals surface area contributed by atoms with Crippen molar-refractivity contribution in [3.05, 3.63) is 71.8 Å². The van der Waals surface area contributed by atoms with Crippen LogP contribution in [-0.4, -0.2) is 40.5 Å². The predicted molar refractivity (Wildman–Crippen MR) is 95.1 cm³/mol. The maximum atomic E-state index is 13.0. The topological polar surface area (TPSA) is 83.6 Å².